The van der Waals surface area contributed by atoms with Gasteiger partial charge in [-0.1, -0.05) is 20.3 Å². The zero-order valence-corrected chi connectivity index (χ0v) is 20.2. The van der Waals surface area contributed by atoms with Gasteiger partial charge in [0.15, 0.2) is 0 Å². The minimum Gasteiger partial charge on any atom is -0.480 e. The van der Waals surface area contributed by atoms with E-state index in [0.717, 1.165) is 0 Å². The van der Waals surface area contributed by atoms with E-state index in [1.54, 1.807) is 18.7 Å². The quantitative estimate of drug-likeness (QED) is 0.169. The van der Waals surface area contributed by atoms with Gasteiger partial charge in [0.05, 0.1) is 12.6 Å². The van der Waals surface area contributed by atoms with Crippen molar-refractivity contribution in [3.05, 3.63) is 0 Å². The summed E-state index contributed by atoms with van der Waals surface area (Å²) in [5, 5.41) is 26.2. The molecule has 3 amide bonds. The summed E-state index contributed by atoms with van der Waals surface area (Å²) in [6, 6.07) is -4.20. The van der Waals surface area contributed by atoms with Crippen LogP contribution in [0, 0.1) is 5.92 Å². The Balaban J connectivity index is 5.19. The van der Waals surface area contributed by atoms with Gasteiger partial charge in [-0.25, -0.2) is 4.79 Å². The molecule has 0 spiro atoms. The molecule has 7 N–H and O–H groups in total. The van der Waals surface area contributed by atoms with Crippen molar-refractivity contribution in [3.63, 3.8) is 0 Å². The Morgan fingerprint density at radius 3 is 1.94 bits per heavy atom. The molecule has 0 fully saturated rings. The SMILES string of the molecule is CCC(C)C(NC(=O)C(N)CCSC)C(=O)NC(CO)C(=O)NC(CCSC)C(=O)O. The van der Waals surface area contributed by atoms with Crippen LogP contribution in [-0.2, 0) is 19.2 Å². The fraction of sp³-hybridized carbons (Fsp3) is 0.789. The van der Waals surface area contributed by atoms with Crippen LogP contribution in [0.4, 0.5) is 0 Å². The number of carboxylic acid groups (broad SMARTS) is 1. The molecule has 0 rings (SSSR count). The summed E-state index contributed by atoms with van der Waals surface area (Å²) in [5.41, 5.74) is 5.87. The number of carboxylic acids is 1. The van der Waals surface area contributed by atoms with Crippen molar-refractivity contribution in [1.82, 2.24) is 16.0 Å². The van der Waals surface area contributed by atoms with Crippen molar-refractivity contribution in [2.75, 3.05) is 30.6 Å². The molecule has 180 valence electrons. The molecule has 12 heteroatoms. The molecule has 0 saturated heterocycles. The first-order valence-corrected chi connectivity index (χ1v) is 12.9. The third-order valence-corrected chi connectivity index (χ3v) is 6.09. The van der Waals surface area contributed by atoms with Crippen molar-refractivity contribution in [2.24, 2.45) is 11.7 Å². The zero-order valence-electron chi connectivity index (χ0n) is 18.6. The first-order chi connectivity index (χ1) is 14.6. The van der Waals surface area contributed by atoms with E-state index in [4.69, 9.17) is 5.73 Å². The van der Waals surface area contributed by atoms with Gasteiger partial charge in [0.25, 0.3) is 0 Å². The lowest BCUT2D eigenvalue weighted by Gasteiger charge is -2.27. The monoisotopic (exact) mass is 480 g/mol. The van der Waals surface area contributed by atoms with E-state index in [9.17, 15) is 29.4 Å². The predicted molar refractivity (Wildman–Crippen MR) is 124 cm³/mol. The number of aliphatic hydroxyl groups excluding tert-OH is 1. The Hall–Kier alpha value is -1.50. The van der Waals surface area contributed by atoms with Gasteiger partial charge >= 0.3 is 5.97 Å². The van der Waals surface area contributed by atoms with E-state index in [1.165, 1.54) is 11.8 Å². The zero-order chi connectivity index (χ0) is 24.0. The van der Waals surface area contributed by atoms with Crippen LogP contribution in [0.3, 0.4) is 0 Å². The molecule has 0 aliphatic carbocycles. The summed E-state index contributed by atoms with van der Waals surface area (Å²) in [7, 11) is 0. The molecule has 10 nitrogen and oxygen atoms in total. The summed E-state index contributed by atoms with van der Waals surface area (Å²) in [6.45, 7) is 2.90. The number of carbonyl (C=O) groups excluding carboxylic acids is 3. The smallest absolute Gasteiger partial charge is 0.326 e. The average molecular weight is 481 g/mol. The Bertz CT molecular complexity index is 596. The number of aliphatic hydroxyl groups is 1. The second-order valence-corrected chi connectivity index (χ2v) is 9.16. The average Bonchev–Trinajstić information content (AvgIpc) is 2.75. The van der Waals surface area contributed by atoms with Crippen molar-refractivity contribution >= 4 is 47.2 Å². The molecule has 0 radical (unpaired) electrons. The fourth-order valence-electron chi connectivity index (χ4n) is 2.56. The third-order valence-electron chi connectivity index (χ3n) is 4.80. The van der Waals surface area contributed by atoms with Crippen molar-refractivity contribution < 1.29 is 29.4 Å². The molecule has 0 aliphatic heterocycles. The van der Waals surface area contributed by atoms with E-state index in [1.807, 2.05) is 19.4 Å². The number of nitrogens with two attached hydrogens (primary N) is 1. The second-order valence-electron chi connectivity index (χ2n) is 7.18. The van der Waals surface area contributed by atoms with Crippen LogP contribution >= 0.6 is 23.5 Å². The standard InChI is InChI=1S/C19H36N4O6S2/c1-5-11(2)15(23-16(25)12(20)6-8-30-3)18(27)22-14(10-24)17(26)21-13(19(28)29)7-9-31-4/h11-15,24H,5-10,20H2,1-4H3,(H,21,26)(H,22,27)(H,23,25)(H,28,29). The van der Waals surface area contributed by atoms with Crippen LogP contribution in [-0.4, -0.2) is 88.7 Å². The van der Waals surface area contributed by atoms with Gasteiger partial charge in [0, 0.05) is 0 Å². The van der Waals surface area contributed by atoms with Crippen LogP contribution < -0.4 is 21.7 Å². The lowest BCUT2D eigenvalue weighted by atomic mass is 9.97. The molecule has 0 saturated carbocycles. The van der Waals surface area contributed by atoms with Gasteiger partial charge in [-0.3, -0.25) is 14.4 Å². The summed E-state index contributed by atoms with van der Waals surface area (Å²) >= 11 is 2.99. The van der Waals surface area contributed by atoms with Gasteiger partial charge in [-0.2, -0.15) is 23.5 Å². The van der Waals surface area contributed by atoms with E-state index in [-0.39, 0.29) is 12.3 Å². The Labute approximate surface area is 192 Å². The Morgan fingerprint density at radius 2 is 1.45 bits per heavy atom. The van der Waals surface area contributed by atoms with Gasteiger partial charge in [-0.05, 0) is 42.8 Å². The van der Waals surface area contributed by atoms with E-state index >= 15 is 0 Å². The number of hydrogen-bond donors (Lipinski definition) is 6. The number of carbonyl (C=O) groups is 4. The van der Waals surface area contributed by atoms with Crippen LogP contribution in [0.5, 0.6) is 0 Å². The molecule has 0 aromatic heterocycles. The summed E-state index contributed by atoms with van der Waals surface area (Å²) in [5.74, 6) is -2.17. The van der Waals surface area contributed by atoms with Gasteiger partial charge in [-0.15, -0.1) is 0 Å². The van der Waals surface area contributed by atoms with Crippen LogP contribution in [0.15, 0.2) is 0 Å². The van der Waals surface area contributed by atoms with Crippen LogP contribution in [0.2, 0.25) is 0 Å². The normalized spacial score (nSPS) is 15.8. The maximum absolute atomic E-state index is 12.8. The Kier molecular flexibility index (Phi) is 15.4. The topological polar surface area (TPSA) is 171 Å². The molecular formula is C19H36N4O6S2. The minimum atomic E-state index is -1.35. The van der Waals surface area contributed by atoms with E-state index in [2.05, 4.69) is 16.0 Å². The van der Waals surface area contributed by atoms with E-state index in [0.29, 0.717) is 24.3 Å². The van der Waals surface area contributed by atoms with Gasteiger partial charge in [0.1, 0.15) is 18.1 Å². The highest BCUT2D eigenvalue weighted by Gasteiger charge is 2.32. The number of thioether (sulfide) groups is 2. The third kappa shape index (κ3) is 11.1. The molecular weight excluding hydrogens is 444 g/mol. The second kappa shape index (κ2) is 16.2. The highest BCUT2D eigenvalue weighted by molar-refractivity contribution is 7.98. The van der Waals surface area contributed by atoms with Crippen LogP contribution in [0.1, 0.15) is 33.1 Å². The summed E-state index contributed by atoms with van der Waals surface area (Å²) in [6.07, 6.45) is 4.94. The maximum atomic E-state index is 12.8. The van der Waals surface area contributed by atoms with E-state index < -0.39 is 54.5 Å². The Morgan fingerprint density at radius 1 is 0.903 bits per heavy atom. The van der Waals surface area contributed by atoms with Crippen LogP contribution in [0.25, 0.3) is 0 Å². The summed E-state index contributed by atoms with van der Waals surface area (Å²) in [4.78, 5) is 48.9. The number of nitrogens with one attached hydrogen (secondary N) is 3. The number of amides is 3. The molecule has 0 aromatic carbocycles. The molecule has 0 aliphatic rings. The molecule has 5 atom stereocenters. The number of hydrogen-bond acceptors (Lipinski definition) is 8. The molecule has 5 unspecified atom stereocenters. The first kappa shape index (κ1) is 29.5. The lowest BCUT2D eigenvalue weighted by molar-refractivity contribution is -0.142. The molecule has 0 heterocycles. The minimum absolute atomic E-state index is 0.202. The van der Waals surface area contributed by atoms with Gasteiger partial charge in [0.2, 0.25) is 17.7 Å². The van der Waals surface area contributed by atoms with Gasteiger partial charge < -0.3 is 31.9 Å². The number of rotatable bonds is 16. The molecule has 0 aromatic rings. The largest absolute Gasteiger partial charge is 0.480 e. The maximum Gasteiger partial charge on any atom is 0.326 e. The van der Waals surface area contributed by atoms with Crippen molar-refractivity contribution in [3.8, 4) is 0 Å². The predicted octanol–water partition coefficient (Wildman–Crippen LogP) is -0.603. The van der Waals surface area contributed by atoms with Crippen molar-refractivity contribution in [2.45, 2.75) is 57.3 Å². The first-order valence-electron chi connectivity index (χ1n) is 10.1. The highest BCUT2D eigenvalue weighted by Crippen LogP contribution is 2.10. The number of aliphatic carboxylic acids is 1. The fourth-order valence-corrected chi connectivity index (χ4v) is 3.52. The summed E-state index contributed by atoms with van der Waals surface area (Å²) < 4.78 is 0. The van der Waals surface area contributed by atoms with Crippen molar-refractivity contribution in [1.29, 1.82) is 0 Å². The molecule has 31 heavy (non-hydrogen) atoms. The lowest BCUT2D eigenvalue weighted by Crippen LogP contribution is -2.59. The highest BCUT2D eigenvalue weighted by atomic mass is 32.2. The molecule has 0 bridgehead atoms.